The second-order valence-electron chi connectivity index (χ2n) is 8.41. The Balaban J connectivity index is 0.000000227. The van der Waals surface area contributed by atoms with Crippen LogP contribution in [0, 0.1) is 40.4 Å². The summed E-state index contributed by atoms with van der Waals surface area (Å²) in [5, 5.41) is 13.9. The third-order valence-electron chi connectivity index (χ3n) is 5.58. The monoisotopic (exact) mass is 649 g/mol. The van der Waals surface area contributed by atoms with Gasteiger partial charge in [-0.1, -0.05) is 12.2 Å². The van der Waals surface area contributed by atoms with Gasteiger partial charge in [0.05, 0.1) is 35.2 Å². The zero-order chi connectivity index (χ0) is 25.1. The third kappa shape index (κ3) is 7.03. The summed E-state index contributed by atoms with van der Waals surface area (Å²) >= 11 is 5.50. The molecule has 2 aromatic rings. The van der Waals surface area contributed by atoms with Crippen LogP contribution < -0.4 is 21.7 Å². The number of aliphatic imine (C=N–C) groups is 2. The number of carboxylic acids is 1. The second-order valence-corrected chi connectivity index (χ2v) is 8.88. The molecule has 186 valence electrons. The first-order valence-corrected chi connectivity index (χ1v) is 11.7. The molecule has 8 bridgehead atoms. The van der Waals surface area contributed by atoms with Crippen LogP contribution in [0.25, 0.3) is 12.2 Å². The van der Waals surface area contributed by atoms with Crippen LogP contribution in [0.2, 0.25) is 0 Å². The first kappa shape index (κ1) is 27.0. The maximum atomic E-state index is 10.3. The molecule has 2 aromatic heterocycles. The van der Waals surface area contributed by atoms with E-state index in [0.29, 0.717) is 0 Å². The SMILES string of the molecule is NC(Cc1cnc[nH]1)C(=O)O.S=C1C=C2C=c3ccc([nH]3)=CC3=NC(=CC4=NC(=CC1N2)C=C4)C=C3.[Sm]. The summed E-state index contributed by atoms with van der Waals surface area (Å²) < 4.78 is 0. The molecular formula is C26H23N7O2SSm. The van der Waals surface area contributed by atoms with Gasteiger partial charge < -0.3 is 26.1 Å². The van der Waals surface area contributed by atoms with E-state index in [1.54, 1.807) is 6.20 Å². The van der Waals surface area contributed by atoms with E-state index in [-0.39, 0.29) is 52.9 Å². The average molecular weight is 648 g/mol. The molecule has 0 amide bonds. The molecule has 0 saturated heterocycles. The van der Waals surface area contributed by atoms with Gasteiger partial charge in [-0.15, -0.1) is 0 Å². The minimum atomic E-state index is -1.00. The predicted molar refractivity (Wildman–Crippen MR) is 144 cm³/mol. The molecule has 11 heteroatoms. The van der Waals surface area contributed by atoms with Crippen LogP contribution in [0.15, 0.2) is 94.3 Å². The number of nitrogens with zero attached hydrogens (tertiary/aromatic N) is 3. The number of carboxylic acid groups (broad SMARTS) is 1. The van der Waals surface area contributed by atoms with E-state index in [0.717, 1.165) is 49.8 Å². The van der Waals surface area contributed by atoms with Crippen molar-refractivity contribution in [1.82, 2.24) is 20.3 Å². The predicted octanol–water partition coefficient (Wildman–Crippen LogP) is 0.968. The van der Waals surface area contributed by atoms with Gasteiger partial charge in [0, 0.05) is 80.0 Å². The molecule has 6 rings (SSSR count). The zero-order valence-electron chi connectivity index (χ0n) is 19.5. The van der Waals surface area contributed by atoms with Crippen molar-refractivity contribution < 1.29 is 50.3 Å². The number of thiocarbonyl (C=S) groups is 1. The molecule has 0 radical (unpaired) electrons. The van der Waals surface area contributed by atoms with Crippen molar-refractivity contribution in [3.63, 3.8) is 0 Å². The minimum absolute atomic E-state index is 0. The van der Waals surface area contributed by atoms with E-state index in [4.69, 9.17) is 23.1 Å². The number of hydrogen-bond acceptors (Lipinski definition) is 7. The summed E-state index contributed by atoms with van der Waals surface area (Å²) in [6.45, 7) is 0. The number of aromatic nitrogens is 3. The number of hydrogen-bond donors (Lipinski definition) is 5. The van der Waals surface area contributed by atoms with E-state index in [1.807, 2.05) is 54.7 Å². The molecule has 0 saturated carbocycles. The van der Waals surface area contributed by atoms with E-state index in [9.17, 15) is 4.79 Å². The van der Waals surface area contributed by atoms with Gasteiger partial charge in [0.2, 0.25) is 0 Å². The number of rotatable bonds is 3. The van der Waals surface area contributed by atoms with Gasteiger partial charge >= 0.3 is 5.97 Å². The van der Waals surface area contributed by atoms with Gasteiger partial charge in [0.25, 0.3) is 0 Å². The fourth-order valence-corrected chi connectivity index (χ4v) is 4.09. The molecule has 2 atom stereocenters. The minimum Gasteiger partial charge on any atom is -0.480 e. The molecular weight excluding hydrogens is 625 g/mol. The van der Waals surface area contributed by atoms with E-state index >= 15 is 0 Å². The molecule has 0 spiro atoms. The topological polar surface area (TPSA) is 145 Å². The fourth-order valence-electron chi connectivity index (χ4n) is 3.83. The van der Waals surface area contributed by atoms with Gasteiger partial charge in [-0.2, -0.15) is 0 Å². The van der Waals surface area contributed by atoms with Crippen LogP contribution in [-0.2, 0) is 11.2 Å². The molecule has 0 aliphatic carbocycles. The first-order valence-electron chi connectivity index (χ1n) is 11.2. The molecule has 4 aliphatic heterocycles. The van der Waals surface area contributed by atoms with Crippen LogP contribution in [0.1, 0.15) is 5.69 Å². The van der Waals surface area contributed by atoms with Crippen molar-refractivity contribution in [2.75, 3.05) is 0 Å². The van der Waals surface area contributed by atoms with Gasteiger partial charge in [-0.05, 0) is 66.8 Å². The largest absolute Gasteiger partial charge is 0.480 e. The maximum Gasteiger partial charge on any atom is 0.320 e. The summed E-state index contributed by atoms with van der Waals surface area (Å²) in [6.07, 6.45) is 21.5. The van der Waals surface area contributed by atoms with Crippen LogP contribution >= 0.6 is 12.2 Å². The van der Waals surface area contributed by atoms with E-state index in [1.165, 1.54) is 6.33 Å². The number of aliphatic carboxylic acids is 1. The molecule has 9 nitrogen and oxygen atoms in total. The van der Waals surface area contributed by atoms with E-state index in [2.05, 4.69) is 42.4 Å². The Hall–Kier alpha value is -3.07. The number of imidazole rings is 1. The standard InChI is InChI=1S/C20H14N4S.C6H9N3O2.Sm/c25-20-11-18-9-16-4-3-14(22-16)7-12-1-2-13(21-12)8-15-5-6-17(23-15)10-19(20)24-18;7-5(6(10)11)1-4-2-8-3-9-4;/h1-11,19,22,24H;2-3,5H,1,7H2,(H,8,9)(H,10,11);. The Morgan fingerprint density at radius 2 is 1.73 bits per heavy atom. The van der Waals surface area contributed by atoms with Gasteiger partial charge in [-0.25, -0.2) is 15.0 Å². The van der Waals surface area contributed by atoms with Crippen molar-refractivity contribution in [3.8, 4) is 0 Å². The van der Waals surface area contributed by atoms with Crippen LogP contribution in [0.3, 0.4) is 0 Å². The summed E-state index contributed by atoms with van der Waals surface area (Å²) in [4.78, 5) is 30.3. The molecule has 4 aliphatic rings. The molecule has 0 fully saturated rings. The Kier molecular flexibility index (Phi) is 8.74. The number of aromatic amines is 2. The number of carbonyl (C=O) groups is 1. The van der Waals surface area contributed by atoms with Crippen LogP contribution in [0.4, 0.5) is 0 Å². The number of nitrogens with two attached hydrogens (primary N) is 1. The number of fused-ring (bicyclic) bond motifs is 6. The van der Waals surface area contributed by atoms with Gasteiger partial charge in [0.15, 0.2) is 0 Å². The van der Waals surface area contributed by atoms with Gasteiger partial charge in [0.1, 0.15) is 6.04 Å². The average Bonchev–Trinajstić information content (AvgIpc) is 3.65. The van der Waals surface area contributed by atoms with Crippen molar-refractivity contribution in [1.29, 1.82) is 0 Å². The molecule has 37 heavy (non-hydrogen) atoms. The molecule has 6 heterocycles. The molecule has 6 N–H and O–H groups in total. The van der Waals surface area contributed by atoms with Crippen LogP contribution in [-0.4, -0.2) is 54.4 Å². The zero-order valence-corrected chi connectivity index (χ0v) is 22.9. The number of H-pyrrole nitrogens is 2. The van der Waals surface area contributed by atoms with Crippen molar-refractivity contribution in [2.24, 2.45) is 15.7 Å². The number of nitrogens with one attached hydrogen (secondary N) is 3. The normalized spacial score (nSPS) is 19.4. The summed E-state index contributed by atoms with van der Waals surface area (Å²) in [7, 11) is 0. The smallest absolute Gasteiger partial charge is 0.320 e. The Bertz CT molecular complexity index is 1560. The third-order valence-corrected chi connectivity index (χ3v) is 5.95. The van der Waals surface area contributed by atoms with Gasteiger partial charge in [-0.3, -0.25) is 4.79 Å². The van der Waals surface area contributed by atoms with E-state index < -0.39 is 12.0 Å². The Labute approximate surface area is 250 Å². The second kappa shape index (κ2) is 12.0. The fraction of sp³-hybridized carbons (Fsp3) is 0.115. The molecule has 2 unspecified atom stereocenters. The first-order chi connectivity index (χ1) is 17.4. The van der Waals surface area contributed by atoms with Crippen LogP contribution in [0.5, 0.6) is 0 Å². The van der Waals surface area contributed by atoms with Crippen molar-refractivity contribution in [3.05, 3.63) is 101 Å². The molecule has 0 aromatic carbocycles. The quantitative estimate of drug-likeness (QED) is 0.314. The maximum absolute atomic E-state index is 10.3. The van der Waals surface area contributed by atoms with Crippen molar-refractivity contribution >= 4 is 46.6 Å². The number of allylic oxidation sites excluding steroid dienone is 6. The van der Waals surface area contributed by atoms with Crippen molar-refractivity contribution in [2.45, 2.75) is 18.5 Å². The Morgan fingerprint density at radius 1 is 1.03 bits per heavy atom. The Morgan fingerprint density at radius 3 is 2.46 bits per heavy atom. The summed E-state index contributed by atoms with van der Waals surface area (Å²) in [5.41, 5.74) is 10.6. The summed E-state index contributed by atoms with van der Waals surface area (Å²) in [5.74, 6) is -1.00. The summed E-state index contributed by atoms with van der Waals surface area (Å²) in [6, 6.07) is 3.23.